The second-order valence-corrected chi connectivity index (χ2v) is 4.55. The van der Waals surface area contributed by atoms with Gasteiger partial charge in [0.25, 0.3) is 5.69 Å². The van der Waals surface area contributed by atoms with Crippen LogP contribution in [0.25, 0.3) is 11.1 Å². The zero-order chi connectivity index (χ0) is 16.7. The van der Waals surface area contributed by atoms with Crippen molar-refractivity contribution in [2.75, 3.05) is 13.2 Å². The van der Waals surface area contributed by atoms with Crippen molar-refractivity contribution < 1.29 is 19.2 Å². The lowest BCUT2D eigenvalue weighted by Gasteiger charge is -2.07. The predicted octanol–water partition coefficient (Wildman–Crippen LogP) is 3.37. The number of esters is 1. The van der Waals surface area contributed by atoms with Gasteiger partial charge in [0.2, 0.25) is 0 Å². The van der Waals surface area contributed by atoms with E-state index in [1.54, 1.807) is 24.3 Å². The molecule has 0 unspecified atom stereocenters. The van der Waals surface area contributed by atoms with Crippen LogP contribution in [0.4, 0.5) is 5.69 Å². The van der Waals surface area contributed by atoms with Crippen molar-refractivity contribution in [3.63, 3.8) is 0 Å². The predicted molar refractivity (Wildman–Crippen MR) is 85.2 cm³/mol. The van der Waals surface area contributed by atoms with Crippen LogP contribution in [0, 0.1) is 10.1 Å². The number of ether oxygens (including phenoxy) is 2. The maximum absolute atomic E-state index is 10.9. The molecule has 23 heavy (non-hydrogen) atoms. The van der Waals surface area contributed by atoms with E-state index in [0.29, 0.717) is 5.75 Å². The van der Waals surface area contributed by atoms with E-state index in [0.717, 1.165) is 17.2 Å². The Morgan fingerprint density at radius 2 is 1.61 bits per heavy atom. The van der Waals surface area contributed by atoms with Gasteiger partial charge in [0.1, 0.15) is 19.0 Å². The van der Waals surface area contributed by atoms with Gasteiger partial charge < -0.3 is 9.47 Å². The van der Waals surface area contributed by atoms with Crippen molar-refractivity contribution in [2.45, 2.75) is 0 Å². The highest BCUT2D eigenvalue weighted by atomic mass is 16.6. The van der Waals surface area contributed by atoms with Crippen molar-refractivity contribution in [3.8, 4) is 16.9 Å². The van der Waals surface area contributed by atoms with Crippen LogP contribution in [0.5, 0.6) is 5.75 Å². The van der Waals surface area contributed by atoms with E-state index in [-0.39, 0.29) is 18.9 Å². The van der Waals surface area contributed by atoms with Gasteiger partial charge in [-0.05, 0) is 35.4 Å². The molecule has 0 heterocycles. The average molecular weight is 313 g/mol. The molecule has 2 aromatic carbocycles. The van der Waals surface area contributed by atoms with Gasteiger partial charge in [0.05, 0.1) is 4.92 Å². The lowest BCUT2D eigenvalue weighted by Crippen LogP contribution is -2.10. The van der Waals surface area contributed by atoms with Crippen molar-refractivity contribution in [3.05, 3.63) is 71.3 Å². The van der Waals surface area contributed by atoms with E-state index in [1.165, 1.54) is 12.1 Å². The summed E-state index contributed by atoms with van der Waals surface area (Å²) in [5.74, 6) is 0.160. The van der Waals surface area contributed by atoms with Gasteiger partial charge in [-0.25, -0.2) is 4.79 Å². The third kappa shape index (κ3) is 4.67. The quantitative estimate of drug-likeness (QED) is 0.257. The first-order valence-corrected chi connectivity index (χ1v) is 6.87. The molecule has 0 aromatic heterocycles. The van der Waals surface area contributed by atoms with Gasteiger partial charge in [-0.3, -0.25) is 10.1 Å². The molecular weight excluding hydrogens is 298 g/mol. The van der Waals surface area contributed by atoms with Crippen LogP contribution in [-0.4, -0.2) is 24.1 Å². The maximum Gasteiger partial charge on any atom is 0.330 e. The normalized spacial score (nSPS) is 9.91. The molecule has 0 aliphatic rings. The van der Waals surface area contributed by atoms with Gasteiger partial charge in [-0.15, -0.1) is 0 Å². The number of benzene rings is 2. The van der Waals surface area contributed by atoms with Crippen LogP contribution in [0.1, 0.15) is 0 Å². The SMILES string of the molecule is C=CC(=O)OCCOc1ccc(-c2ccc([N+](=O)[O-])cc2)cc1. The van der Waals surface area contributed by atoms with Crippen LogP contribution >= 0.6 is 0 Å². The summed E-state index contributed by atoms with van der Waals surface area (Å²) in [6.45, 7) is 3.69. The summed E-state index contributed by atoms with van der Waals surface area (Å²) in [7, 11) is 0. The number of nitro benzene ring substituents is 1. The summed E-state index contributed by atoms with van der Waals surface area (Å²) >= 11 is 0. The molecule has 0 fully saturated rings. The fourth-order valence-electron chi connectivity index (χ4n) is 1.88. The molecule has 0 N–H and O–H groups in total. The van der Waals surface area contributed by atoms with Crippen molar-refractivity contribution in [1.29, 1.82) is 0 Å². The Bertz CT molecular complexity index is 692. The van der Waals surface area contributed by atoms with Crippen molar-refractivity contribution in [1.82, 2.24) is 0 Å². The number of non-ortho nitro benzene ring substituents is 1. The van der Waals surface area contributed by atoms with E-state index in [2.05, 4.69) is 6.58 Å². The highest BCUT2D eigenvalue weighted by Gasteiger charge is 2.05. The Morgan fingerprint density at radius 3 is 2.13 bits per heavy atom. The molecule has 6 heteroatoms. The Hall–Kier alpha value is -3.15. The fraction of sp³-hybridized carbons (Fsp3) is 0.118. The summed E-state index contributed by atoms with van der Waals surface area (Å²) in [6, 6.07) is 13.6. The van der Waals surface area contributed by atoms with E-state index in [4.69, 9.17) is 9.47 Å². The molecule has 118 valence electrons. The Kier molecular flexibility index (Phi) is 5.46. The van der Waals surface area contributed by atoms with Crippen LogP contribution in [-0.2, 0) is 9.53 Å². The number of rotatable bonds is 7. The largest absolute Gasteiger partial charge is 0.490 e. The number of nitrogens with zero attached hydrogens (tertiary/aromatic N) is 1. The molecule has 0 spiro atoms. The molecule has 2 rings (SSSR count). The smallest absolute Gasteiger partial charge is 0.330 e. The number of carbonyl (C=O) groups excluding carboxylic acids is 1. The first kappa shape index (κ1) is 16.2. The fourth-order valence-corrected chi connectivity index (χ4v) is 1.88. The molecular formula is C17H15NO5. The Balaban J connectivity index is 1.92. The molecule has 0 radical (unpaired) electrons. The second kappa shape index (κ2) is 7.74. The summed E-state index contributed by atoms with van der Waals surface area (Å²) in [5.41, 5.74) is 1.86. The number of nitro groups is 1. The lowest BCUT2D eigenvalue weighted by molar-refractivity contribution is -0.384. The van der Waals surface area contributed by atoms with Crippen LogP contribution in [0.3, 0.4) is 0 Å². The Morgan fingerprint density at radius 1 is 1.04 bits per heavy atom. The van der Waals surface area contributed by atoms with Crippen molar-refractivity contribution in [2.24, 2.45) is 0 Å². The molecule has 0 saturated carbocycles. The van der Waals surface area contributed by atoms with Crippen LogP contribution in [0.2, 0.25) is 0 Å². The van der Waals surface area contributed by atoms with Crippen LogP contribution in [0.15, 0.2) is 61.2 Å². The van der Waals surface area contributed by atoms with E-state index >= 15 is 0 Å². The third-order valence-corrected chi connectivity index (χ3v) is 3.03. The van der Waals surface area contributed by atoms with E-state index in [1.807, 2.05) is 12.1 Å². The number of hydrogen-bond donors (Lipinski definition) is 0. The molecule has 2 aromatic rings. The van der Waals surface area contributed by atoms with Crippen molar-refractivity contribution >= 4 is 11.7 Å². The molecule has 0 amide bonds. The lowest BCUT2D eigenvalue weighted by atomic mass is 10.1. The highest BCUT2D eigenvalue weighted by molar-refractivity contribution is 5.81. The summed E-state index contributed by atoms with van der Waals surface area (Å²) in [6.07, 6.45) is 1.10. The van der Waals surface area contributed by atoms with Gasteiger partial charge >= 0.3 is 5.97 Å². The average Bonchev–Trinajstić information content (AvgIpc) is 2.59. The van der Waals surface area contributed by atoms with Gasteiger partial charge in [-0.1, -0.05) is 18.7 Å². The summed E-state index contributed by atoms with van der Waals surface area (Å²) in [4.78, 5) is 21.1. The first-order valence-electron chi connectivity index (χ1n) is 6.87. The number of hydrogen-bond acceptors (Lipinski definition) is 5. The molecule has 0 saturated heterocycles. The van der Waals surface area contributed by atoms with Crippen LogP contribution < -0.4 is 4.74 Å². The zero-order valence-electron chi connectivity index (χ0n) is 12.3. The highest BCUT2D eigenvalue weighted by Crippen LogP contribution is 2.24. The molecule has 0 bridgehead atoms. The minimum Gasteiger partial charge on any atom is -0.490 e. The second-order valence-electron chi connectivity index (χ2n) is 4.55. The summed E-state index contributed by atoms with van der Waals surface area (Å²) < 4.78 is 10.2. The van der Waals surface area contributed by atoms with Gasteiger partial charge in [-0.2, -0.15) is 0 Å². The van der Waals surface area contributed by atoms with E-state index in [9.17, 15) is 14.9 Å². The van der Waals surface area contributed by atoms with Gasteiger partial charge in [0, 0.05) is 18.2 Å². The summed E-state index contributed by atoms with van der Waals surface area (Å²) in [5, 5.41) is 10.6. The topological polar surface area (TPSA) is 78.7 Å². The maximum atomic E-state index is 10.9. The molecule has 0 aliphatic carbocycles. The number of carbonyl (C=O) groups is 1. The minimum absolute atomic E-state index is 0.0581. The molecule has 6 nitrogen and oxygen atoms in total. The zero-order valence-corrected chi connectivity index (χ0v) is 12.3. The Labute approximate surface area is 133 Å². The third-order valence-electron chi connectivity index (χ3n) is 3.03. The monoisotopic (exact) mass is 313 g/mol. The first-order chi connectivity index (χ1) is 11.1. The standard InChI is InChI=1S/C17H15NO5/c1-2-17(19)23-12-11-22-16-9-5-14(6-10-16)13-3-7-15(8-4-13)18(20)21/h2-10H,1,11-12H2. The van der Waals surface area contributed by atoms with Gasteiger partial charge in [0.15, 0.2) is 0 Å². The molecule has 0 atom stereocenters. The van der Waals surface area contributed by atoms with E-state index < -0.39 is 10.9 Å². The minimum atomic E-state index is -0.484. The molecule has 0 aliphatic heterocycles.